The lowest BCUT2D eigenvalue weighted by atomic mass is 10.2. The Balaban J connectivity index is 1.58. The number of thiophene rings is 1. The van der Waals surface area contributed by atoms with Crippen molar-refractivity contribution >= 4 is 43.2 Å². The largest absolute Gasteiger partial charge is 0.321 e. The molecule has 0 aliphatic carbocycles. The number of nitrogens with one attached hydrogen (secondary N) is 1. The van der Waals surface area contributed by atoms with Crippen LogP contribution >= 0.6 is 11.3 Å². The topological polar surface area (TPSA) is 107 Å². The van der Waals surface area contributed by atoms with Crippen LogP contribution in [0.1, 0.15) is 20.9 Å². The van der Waals surface area contributed by atoms with Crippen LogP contribution in [-0.2, 0) is 15.8 Å². The van der Waals surface area contributed by atoms with Gasteiger partial charge in [0.15, 0.2) is 0 Å². The summed E-state index contributed by atoms with van der Waals surface area (Å²) in [6.45, 7) is 1.92. The van der Waals surface area contributed by atoms with Gasteiger partial charge in [-0.1, -0.05) is 30.3 Å². The van der Waals surface area contributed by atoms with E-state index in [1.165, 1.54) is 11.3 Å². The number of amides is 1. The fourth-order valence-corrected chi connectivity index (χ4v) is 4.75. The predicted octanol–water partition coefficient (Wildman–Crippen LogP) is 3.44. The van der Waals surface area contributed by atoms with Crippen molar-refractivity contribution in [3.05, 3.63) is 76.8 Å². The number of carbonyl (C=O) groups is 1. The van der Waals surface area contributed by atoms with Crippen LogP contribution in [-0.4, -0.2) is 24.1 Å². The summed E-state index contributed by atoms with van der Waals surface area (Å²) in [5, 5.41) is 13.4. The van der Waals surface area contributed by atoms with Crippen molar-refractivity contribution in [2.45, 2.75) is 12.7 Å². The maximum atomic E-state index is 12.7. The van der Waals surface area contributed by atoms with E-state index in [0.717, 1.165) is 21.6 Å². The van der Waals surface area contributed by atoms with Gasteiger partial charge in [-0.15, -0.1) is 11.3 Å². The average Bonchev–Trinajstić information content (AvgIpc) is 3.24. The normalized spacial score (nSPS) is 11.7. The second-order valence-corrected chi connectivity index (χ2v) is 9.27. The number of primary sulfonamides is 1. The highest BCUT2D eigenvalue weighted by Crippen LogP contribution is 2.30. The van der Waals surface area contributed by atoms with Crippen LogP contribution in [0, 0.1) is 6.92 Å². The zero-order chi connectivity index (χ0) is 20.6. The highest BCUT2D eigenvalue weighted by atomic mass is 32.2. The zero-order valence-corrected chi connectivity index (χ0v) is 17.1. The molecular formula is C20H18N4O3S2. The summed E-state index contributed by atoms with van der Waals surface area (Å²) < 4.78 is 24.2. The molecule has 148 valence electrons. The molecule has 2 aromatic carbocycles. The van der Waals surface area contributed by atoms with Gasteiger partial charge in [-0.25, -0.2) is 18.2 Å². The molecule has 4 rings (SSSR count). The first-order valence-corrected chi connectivity index (χ1v) is 11.3. The Morgan fingerprint density at radius 2 is 1.83 bits per heavy atom. The quantitative estimate of drug-likeness (QED) is 0.510. The van der Waals surface area contributed by atoms with Gasteiger partial charge in [0, 0.05) is 11.1 Å². The molecule has 0 aliphatic rings. The Bertz CT molecular complexity index is 1290. The highest BCUT2D eigenvalue weighted by molar-refractivity contribution is 7.88. The van der Waals surface area contributed by atoms with Crippen LogP contribution in [0.5, 0.6) is 0 Å². The molecule has 0 atom stereocenters. The van der Waals surface area contributed by atoms with Gasteiger partial charge in [-0.3, -0.25) is 4.79 Å². The van der Waals surface area contributed by atoms with Crippen molar-refractivity contribution in [1.29, 1.82) is 0 Å². The first-order chi connectivity index (χ1) is 13.8. The number of fused-ring (bicyclic) bond motifs is 1. The molecule has 0 radical (unpaired) electrons. The summed E-state index contributed by atoms with van der Waals surface area (Å²) in [5.41, 5.74) is 2.93. The molecule has 29 heavy (non-hydrogen) atoms. The molecule has 0 spiro atoms. The maximum absolute atomic E-state index is 12.7. The average molecular weight is 427 g/mol. The summed E-state index contributed by atoms with van der Waals surface area (Å²) in [6.07, 6.45) is 0. The molecule has 2 aromatic heterocycles. The number of nitrogens with two attached hydrogens (primary N) is 1. The maximum Gasteiger partial charge on any atom is 0.265 e. The van der Waals surface area contributed by atoms with Crippen molar-refractivity contribution in [2.24, 2.45) is 5.14 Å². The van der Waals surface area contributed by atoms with Crippen LogP contribution in [0.2, 0.25) is 0 Å². The number of sulfonamides is 1. The van der Waals surface area contributed by atoms with E-state index in [2.05, 4.69) is 10.4 Å². The lowest BCUT2D eigenvalue weighted by molar-refractivity contribution is 0.103. The van der Waals surface area contributed by atoms with E-state index in [1.54, 1.807) is 24.3 Å². The van der Waals surface area contributed by atoms with Crippen molar-refractivity contribution in [2.75, 3.05) is 5.32 Å². The molecule has 0 saturated heterocycles. The van der Waals surface area contributed by atoms with Crippen LogP contribution in [0.3, 0.4) is 0 Å². The molecule has 4 aromatic rings. The van der Waals surface area contributed by atoms with E-state index >= 15 is 0 Å². The minimum absolute atomic E-state index is 0.232. The number of hydrogen-bond acceptors (Lipinski definition) is 5. The Morgan fingerprint density at radius 1 is 1.14 bits per heavy atom. The van der Waals surface area contributed by atoms with Crippen molar-refractivity contribution in [3.8, 4) is 5.69 Å². The Morgan fingerprint density at radius 3 is 2.48 bits per heavy atom. The van der Waals surface area contributed by atoms with E-state index in [9.17, 15) is 13.2 Å². The summed E-state index contributed by atoms with van der Waals surface area (Å²) >= 11 is 1.37. The van der Waals surface area contributed by atoms with Gasteiger partial charge >= 0.3 is 0 Å². The van der Waals surface area contributed by atoms with Gasteiger partial charge in [-0.2, -0.15) is 5.10 Å². The minimum atomic E-state index is -3.59. The van der Waals surface area contributed by atoms with Gasteiger partial charge in [0.1, 0.15) is 4.83 Å². The summed E-state index contributed by atoms with van der Waals surface area (Å²) in [4.78, 5) is 14.2. The van der Waals surface area contributed by atoms with E-state index in [0.29, 0.717) is 16.1 Å². The Labute approximate surface area is 171 Å². The third kappa shape index (κ3) is 4.21. The Hall–Kier alpha value is -3.01. The van der Waals surface area contributed by atoms with E-state index in [1.807, 2.05) is 48.0 Å². The number of benzene rings is 2. The molecule has 0 saturated carbocycles. The number of para-hydroxylation sites is 1. The lowest BCUT2D eigenvalue weighted by Gasteiger charge is -2.05. The zero-order valence-electron chi connectivity index (χ0n) is 15.5. The van der Waals surface area contributed by atoms with Crippen LogP contribution in [0.15, 0.2) is 60.7 Å². The third-order valence-electron chi connectivity index (χ3n) is 4.35. The van der Waals surface area contributed by atoms with E-state index in [-0.39, 0.29) is 11.7 Å². The summed E-state index contributed by atoms with van der Waals surface area (Å²) in [6, 6.07) is 18.2. The van der Waals surface area contributed by atoms with Gasteiger partial charge in [0.2, 0.25) is 10.0 Å². The SMILES string of the molecule is Cc1nn(-c2ccccc2)c2sc(C(=O)Nc3ccc(CS(N)(=O)=O)cc3)cc12. The van der Waals surface area contributed by atoms with Crippen molar-refractivity contribution < 1.29 is 13.2 Å². The van der Waals surface area contributed by atoms with E-state index < -0.39 is 10.0 Å². The second kappa shape index (κ2) is 7.43. The van der Waals surface area contributed by atoms with Crippen LogP contribution in [0.4, 0.5) is 5.69 Å². The third-order valence-corrected chi connectivity index (χ3v) is 6.19. The predicted molar refractivity (Wildman–Crippen MR) is 115 cm³/mol. The fourth-order valence-electron chi connectivity index (χ4n) is 3.01. The molecule has 0 fully saturated rings. The molecular weight excluding hydrogens is 408 g/mol. The molecule has 0 bridgehead atoms. The van der Waals surface area contributed by atoms with Crippen molar-refractivity contribution in [3.63, 3.8) is 0 Å². The second-order valence-electron chi connectivity index (χ2n) is 6.62. The number of aryl methyl sites for hydroxylation is 1. The van der Waals surface area contributed by atoms with Gasteiger partial charge in [0.05, 0.1) is 22.0 Å². The number of carbonyl (C=O) groups excluding carboxylic acids is 1. The van der Waals surface area contributed by atoms with Crippen LogP contribution < -0.4 is 10.5 Å². The molecule has 7 nitrogen and oxygen atoms in total. The van der Waals surface area contributed by atoms with Crippen molar-refractivity contribution in [1.82, 2.24) is 9.78 Å². The molecule has 2 heterocycles. The molecule has 1 amide bonds. The molecule has 0 aliphatic heterocycles. The fraction of sp³-hybridized carbons (Fsp3) is 0.100. The molecule has 3 N–H and O–H groups in total. The summed E-state index contributed by atoms with van der Waals surface area (Å²) in [5.74, 6) is -0.475. The molecule has 0 unspecified atom stereocenters. The number of anilines is 1. The number of rotatable bonds is 5. The Kier molecular flexibility index (Phi) is 4.95. The number of hydrogen-bond donors (Lipinski definition) is 2. The molecule has 9 heteroatoms. The summed E-state index contributed by atoms with van der Waals surface area (Å²) in [7, 11) is -3.59. The first kappa shape index (κ1) is 19.3. The van der Waals surface area contributed by atoms with Gasteiger partial charge in [0.25, 0.3) is 5.91 Å². The number of aromatic nitrogens is 2. The van der Waals surface area contributed by atoms with Gasteiger partial charge in [-0.05, 0) is 42.8 Å². The van der Waals surface area contributed by atoms with Gasteiger partial charge < -0.3 is 5.32 Å². The standard InChI is InChI=1S/C20H18N4O3S2/c1-13-17-11-18(28-20(17)24(23-13)16-5-3-2-4-6-16)19(25)22-15-9-7-14(8-10-15)12-29(21,26)27/h2-11H,12H2,1H3,(H,22,25)(H2,21,26,27). The first-order valence-electron chi connectivity index (χ1n) is 8.75. The number of nitrogens with zero attached hydrogens (tertiary/aromatic N) is 2. The van der Waals surface area contributed by atoms with E-state index in [4.69, 9.17) is 5.14 Å². The monoisotopic (exact) mass is 426 g/mol. The highest BCUT2D eigenvalue weighted by Gasteiger charge is 2.17. The lowest BCUT2D eigenvalue weighted by Crippen LogP contribution is -2.14. The van der Waals surface area contributed by atoms with Crippen LogP contribution in [0.25, 0.3) is 15.9 Å². The minimum Gasteiger partial charge on any atom is -0.321 e. The smallest absolute Gasteiger partial charge is 0.265 e.